The third kappa shape index (κ3) is 6.74. The first-order valence-corrected chi connectivity index (χ1v) is 7.66. The van der Waals surface area contributed by atoms with Gasteiger partial charge in [-0.2, -0.15) is 0 Å². The van der Waals surface area contributed by atoms with Gasteiger partial charge in [0.1, 0.15) is 0 Å². The molecular formula is C16H26IN5O. The second kappa shape index (κ2) is 9.71. The Morgan fingerprint density at radius 2 is 2.00 bits per heavy atom. The predicted octanol–water partition coefficient (Wildman–Crippen LogP) is 1.50. The minimum atomic E-state index is 0. The second-order valence-corrected chi connectivity index (χ2v) is 5.61. The number of carbonyl (C=O) groups is 1. The quantitative estimate of drug-likeness (QED) is 0.431. The summed E-state index contributed by atoms with van der Waals surface area (Å²) in [6.07, 6.45) is 0. The number of nitrogens with zero attached hydrogens (tertiary/aromatic N) is 3. The molecule has 128 valence electrons. The van der Waals surface area contributed by atoms with Gasteiger partial charge in [-0.1, -0.05) is 12.1 Å². The molecule has 0 radical (unpaired) electrons. The molecule has 1 heterocycles. The second-order valence-electron chi connectivity index (χ2n) is 5.61. The van der Waals surface area contributed by atoms with Crippen LogP contribution in [0.3, 0.4) is 0 Å². The Labute approximate surface area is 155 Å². The highest BCUT2D eigenvalue weighted by molar-refractivity contribution is 14.0. The molecule has 0 aliphatic carbocycles. The van der Waals surface area contributed by atoms with Gasteiger partial charge >= 0.3 is 0 Å². The highest BCUT2D eigenvalue weighted by atomic mass is 127. The van der Waals surface area contributed by atoms with E-state index < -0.39 is 0 Å². The molecule has 0 aromatic heterocycles. The molecule has 1 aromatic carbocycles. The van der Waals surface area contributed by atoms with Crippen LogP contribution in [0.15, 0.2) is 29.3 Å². The van der Waals surface area contributed by atoms with Crippen molar-refractivity contribution < 1.29 is 4.79 Å². The SMILES string of the molecule is CC(=O)N1CCN(CCN=C(N)Nc2cccc(C)c2)CC1.I. The van der Waals surface area contributed by atoms with Gasteiger partial charge in [0.05, 0.1) is 6.54 Å². The summed E-state index contributed by atoms with van der Waals surface area (Å²) in [5.41, 5.74) is 8.04. The van der Waals surface area contributed by atoms with Crippen LogP contribution in [-0.4, -0.2) is 60.9 Å². The zero-order valence-electron chi connectivity index (χ0n) is 13.8. The van der Waals surface area contributed by atoms with Crippen molar-refractivity contribution >= 4 is 41.5 Å². The highest BCUT2D eigenvalue weighted by Crippen LogP contribution is 2.08. The number of aryl methyl sites for hydroxylation is 1. The lowest BCUT2D eigenvalue weighted by atomic mass is 10.2. The van der Waals surface area contributed by atoms with Crippen LogP contribution in [0.1, 0.15) is 12.5 Å². The maximum absolute atomic E-state index is 11.3. The molecule has 0 bridgehead atoms. The molecule has 23 heavy (non-hydrogen) atoms. The Hall–Kier alpha value is -1.35. The summed E-state index contributed by atoms with van der Waals surface area (Å²) >= 11 is 0. The number of carbonyl (C=O) groups excluding carboxylic acids is 1. The number of rotatable bonds is 4. The van der Waals surface area contributed by atoms with Gasteiger partial charge in [0.2, 0.25) is 5.91 Å². The number of anilines is 1. The van der Waals surface area contributed by atoms with Gasteiger partial charge < -0.3 is 16.0 Å². The van der Waals surface area contributed by atoms with E-state index in [1.807, 2.05) is 36.1 Å². The van der Waals surface area contributed by atoms with Crippen molar-refractivity contribution in [3.8, 4) is 0 Å². The minimum Gasteiger partial charge on any atom is -0.370 e. The fourth-order valence-electron chi connectivity index (χ4n) is 2.51. The molecule has 1 saturated heterocycles. The molecule has 6 nitrogen and oxygen atoms in total. The monoisotopic (exact) mass is 431 g/mol. The number of nitrogens with two attached hydrogens (primary N) is 1. The average molecular weight is 431 g/mol. The van der Waals surface area contributed by atoms with E-state index in [-0.39, 0.29) is 29.9 Å². The van der Waals surface area contributed by atoms with Gasteiger partial charge in [0.25, 0.3) is 0 Å². The molecule has 0 atom stereocenters. The smallest absolute Gasteiger partial charge is 0.219 e. The number of nitrogens with one attached hydrogen (secondary N) is 1. The Bertz CT molecular complexity index is 541. The van der Waals surface area contributed by atoms with E-state index in [0.29, 0.717) is 12.5 Å². The lowest BCUT2D eigenvalue weighted by Gasteiger charge is -2.33. The van der Waals surface area contributed by atoms with Crippen molar-refractivity contribution in [2.24, 2.45) is 10.7 Å². The number of hydrogen-bond acceptors (Lipinski definition) is 3. The van der Waals surface area contributed by atoms with Crippen molar-refractivity contribution in [3.63, 3.8) is 0 Å². The molecule has 2 rings (SSSR count). The van der Waals surface area contributed by atoms with Crippen LogP contribution >= 0.6 is 24.0 Å². The summed E-state index contributed by atoms with van der Waals surface area (Å²) < 4.78 is 0. The van der Waals surface area contributed by atoms with Crippen molar-refractivity contribution in [1.29, 1.82) is 0 Å². The van der Waals surface area contributed by atoms with Crippen molar-refractivity contribution in [2.45, 2.75) is 13.8 Å². The van der Waals surface area contributed by atoms with Gasteiger partial charge in [0.15, 0.2) is 5.96 Å². The van der Waals surface area contributed by atoms with Crippen molar-refractivity contribution in [3.05, 3.63) is 29.8 Å². The summed E-state index contributed by atoms with van der Waals surface area (Å²) in [7, 11) is 0. The first-order valence-electron chi connectivity index (χ1n) is 7.66. The maximum Gasteiger partial charge on any atom is 0.219 e. The van der Waals surface area contributed by atoms with Gasteiger partial charge in [-0.3, -0.25) is 14.7 Å². The summed E-state index contributed by atoms with van der Waals surface area (Å²) in [6.45, 7) is 8.59. The van der Waals surface area contributed by atoms with Crippen LogP contribution in [0.25, 0.3) is 0 Å². The minimum absolute atomic E-state index is 0. The maximum atomic E-state index is 11.3. The first-order chi connectivity index (χ1) is 10.5. The van der Waals surface area contributed by atoms with Crippen LogP contribution in [0.4, 0.5) is 5.69 Å². The number of piperazine rings is 1. The molecule has 1 amide bonds. The Morgan fingerprint density at radius 3 is 2.61 bits per heavy atom. The third-order valence-corrected chi connectivity index (χ3v) is 3.81. The zero-order chi connectivity index (χ0) is 15.9. The zero-order valence-corrected chi connectivity index (χ0v) is 16.1. The molecule has 1 fully saturated rings. The number of halogens is 1. The third-order valence-electron chi connectivity index (χ3n) is 3.81. The summed E-state index contributed by atoms with van der Waals surface area (Å²) in [5.74, 6) is 0.595. The van der Waals surface area contributed by atoms with E-state index in [0.717, 1.165) is 38.4 Å². The Balaban J connectivity index is 0.00000264. The summed E-state index contributed by atoms with van der Waals surface area (Å²) in [6, 6.07) is 8.03. The molecular weight excluding hydrogens is 405 g/mol. The van der Waals surface area contributed by atoms with Gasteiger partial charge in [-0.25, -0.2) is 0 Å². The average Bonchev–Trinajstić information content (AvgIpc) is 2.47. The van der Waals surface area contributed by atoms with Crippen LogP contribution in [-0.2, 0) is 4.79 Å². The van der Waals surface area contributed by atoms with E-state index in [1.165, 1.54) is 5.56 Å². The molecule has 7 heteroatoms. The van der Waals surface area contributed by atoms with E-state index in [4.69, 9.17) is 5.73 Å². The largest absolute Gasteiger partial charge is 0.370 e. The van der Waals surface area contributed by atoms with Crippen LogP contribution < -0.4 is 11.1 Å². The highest BCUT2D eigenvalue weighted by Gasteiger charge is 2.17. The molecule has 1 aromatic rings. The molecule has 1 aliphatic heterocycles. The van der Waals surface area contributed by atoms with Gasteiger partial charge in [0, 0.05) is 45.3 Å². The Morgan fingerprint density at radius 1 is 1.30 bits per heavy atom. The number of aliphatic imine (C=N–C) groups is 1. The standard InChI is InChI=1S/C16H25N5O.HI/c1-13-4-3-5-15(12-13)19-16(17)18-6-7-20-8-10-21(11-9-20)14(2)22;/h3-5,12H,6-11H2,1-2H3,(H3,17,18,19);1H. The predicted molar refractivity (Wildman–Crippen MR) is 105 cm³/mol. The van der Waals surface area contributed by atoms with E-state index in [9.17, 15) is 4.79 Å². The lowest BCUT2D eigenvalue weighted by molar-refractivity contribution is -0.130. The Kier molecular flexibility index (Phi) is 8.32. The van der Waals surface area contributed by atoms with Crippen LogP contribution in [0.5, 0.6) is 0 Å². The lowest BCUT2D eigenvalue weighted by Crippen LogP contribution is -2.48. The summed E-state index contributed by atoms with van der Waals surface area (Å²) in [4.78, 5) is 19.8. The molecule has 0 unspecified atom stereocenters. The van der Waals surface area contributed by atoms with Crippen molar-refractivity contribution in [2.75, 3.05) is 44.6 Å². The van der Waals surface area contributed by atoms with Crippen molar-refractivity contribution in [1.82, 2.24) is 9.80 Å². The van der Waals surface area contributed by atoms with E-state index >= 15 is 0 Å². The number of hydrogen-bond donors (Lipinski definition) is 2. The molecule has 0 saturated carbocycles. The van der Waals surface area contributed by atoms with Crippen LogP contribution in [0.2, 0.25) is 0 Å². The topological polar surface area (TPSA) is 74.0 Å². The normalized spacial score (nSPS) is 15.9. The van der Waals surface area contributed by atoms with Gasteiger partial charge in [-0.15, -0.1) is 24.0 Å². The number of guanidine groups is 1. The van der Waals surface area contributed by atoms with E-state index in [2.05, 4.69) is 15.2 Å². The summed E-state index contributed by atoms with van der Waals surface area (Å²) in [5, 5.41) is 3.10. The number of amides is 1. The fourth-order valence-corrected chi connectivity index (χ4v) is 2.51. The van der Waals surface area contributed by atoms with Crippen LogP contribution in [0, 0.1) is 6.92 Å². The number of benzene rings is 1. The van der Waals surface area contributed by atoms with E-state index in [1.54, 1.807) is 6.92 Å². The fraction of sp³-hybridized carbons (Fsp3) is 0.500. The molecule has 3 N–H and O–H groups in total. The van der Waals surface area contributed by atoms with Gasteiger partial charge in [-0.05, 0) is 24.6 Å². The molecule has 1 aliphatic rings. The first kappa shape index (κ1) is 19.7. The molecule has 0 spiro atoms.